The highest BCUT2D eigenvalue weighted by atomic mass is 16.5. The Labute approximate surface area is 93.3 Å². The molecular weight excluding hydrogens is 210 g/mol. The summed E-state index contributed by atoms with van der Waals surface area (Å²) in [5.41, 5.74) is 0.787. The maximum atomic E-state index is 9.67. The van der Waals surface area contributed by atoms with Gasteiger partial charge in [0, 0.05) is 5.69 Å². The van der Waals surface area contributed by atoms with Crippen LogP contribution < -0.4 is 5.32 Å². The van der Waals surface area contributed by atoms with Gasteiger partial charge in [-0.05, 0) is 12.1 Å². The minimum absolute atomic E-state index is 0.00271. The third-order valence-electron chi connectivity index (χ3n) is 2.58. The van der Waals surface area contributed by atoms with Gasteiger partial charge in [-0.3, -0.25) is 0 Å². The van der Waals surface area contributed by atoms with Gasteiger partial charge in [-0.25, -0.2) is 0 Å². The average molecular weight is 225 g/mol. The third-order valence-corrected chi connectivity index (χ3v) is 2.58. The van der Waals surface area contributed by atoms with Crippen LogP contribution in [0.4, 0.5) is 5.69 Å². The van der Waals surface area contributed by atoms with Gasteiger partial charge >= 0.3 is 0 Å². The number of ether oxygens (including phenoxy) is 1. The molecule has 1 fully saturated rings. The van der Waals surface area contributed by atoms with E-state index in [0.717, 1.165) is 5.69 Å². The fourth-order valence-corrected chi connectivity index (χ4v) is 1.63. The fourth-order valence-electron chi connectivity index (χ4n) is 1.63. The van der Waals surface area contributed by atoms with Crippen molar-refractivity contribution in [1.82, 2.24) is 0 Å². The van der Waals surface area contributed by atoms with Gasteiger partial charge in [0.05, 0.1) is 6.61 Å². The summed E-state index contributed by atoms with van der Waals surface area (Å²) in [5.74, 6) is 0. The molecule has 2 rings (SSSR count). The van der Waals surface area contributed by atoms with E-state index >= 15 is 0 Å². The van der Waals surface area contributed by atoms with Crippen LogP contribution in [0.1, 0.15) is 0 Å². The molecule has 0 saturated carbocycles. The Hall–Kier alpha value is -1.14. The van der Waals surface area contributed by atoms with E-state index < -0.39 is 24.5 Å². The molecule has 4 N–H and O–H groups in total. The molecule has 88 valence electrons. The smallest absolute Gasteiger partial charge is 0.156 e. The van der Waals surface area contributed by atoms with Crippen LogP contribution in [0.15, 0.2) is 30.3 Å². The molecule has 1 saturated heterocycles. The standard InChI is InChI=1S/C11H15NO4/c13-8-6-16-11(10(15)9(8)14)12-7-4-2-1-3-5-7/h1-5,8-15H,6H2. The van der Waals surface area contributed by atoms with Gasteiger partial charge < -0.3 is 25.4 Å². The van der Waals surface area contributed by atoms with Gasteiger partial charge in [-0.2, -0.15) is 0 Å². The number of nitrogens with one attached hydrogen (secondary N) is 1. The molecule has 1 heterocycles. The number of rotatable bonds is 2. The van der Waals surface area contributed by atoms with Crippen molar-refractivity contribution < 1.29 is 20.1 Å². The Morgan fingerprint density at radius 1 is 1.06 bits per heavy atom. The molecule has 4 unspecified atom stereocenters. The molecule has 1 aliphatic heterocycles. The summed E-state index contributed by atoms with van der Waals surface area (Å²) >= 11 is 0. The molecule has 1 aromatic carbocycles. The van der Waals surface area contributed by atoms with E-state index in [1.165, 1.54) is 0 Å². The molecule has 0 spiro atoms. The zero-order chi connectivity index (χ0) is 11.5. The number of hydrogen-bond acceptors (Lipinski definition) is 5. The lowest BCUT2D eigenvalue weighted by Crippen LogP contribution is -2.55. The molecule has 1 aromatic rings. The third kappa shape index (κ3) is 2.33. The van der Waals surface area contributed by atoms with Gasteiger partial charge in [0.25, 0.3) is 0 Å². The highest BCUT2D eigenvalue weighted by Crippen LogP contribution is 2.18. The van der Waals surface area contributed by atoms with E-state index in [0.29, 0.717) is 0 Å². The molecule has 0 aliphatic carbocycles. The Morgan fingerprint density at radius 2 is 1.75 bits per heavy atom. The summed E-state index contributed by atoms with van der Waals surface area (Å²) in [6, 6.07) is 9.23. The lowest BCUT2D eigenvalue weighted by Gasteiger charge is -2.35. The van der Waals surface area contributed by atoms with Crippen LogP contribution in [-0.4, -0.2) is 46.5 Å². The normalized spacial score (nSPS) is 34.7. The van der Waals surface area contributed by atoms with Crippen molar-refractivity contribution in [2.75, 3.05) is 11.9 Å². The first-order valence-corrected chi connectivity index (χ1v) is 5.16. The van der Waals surface area contributed by atoms with Crippen molar-refractivity contribution in [3.8, 4) is 0 Å². The summed E-state index contributed by atoms with van der Waals surface area (Å²) in [5, 5.41) is 31.4. The van der Waals surface area contributed by atoms with E-state index in [9.17, 15) is 15.3 Å². The topological polar surface area (TPSA) is 82.0 Å². The van der Waals surface area contributed by atoms with Gasteiger partial charge in [0.15, 0.2) is 6.23 Å². The van der Waals surface area contributed by atoms with Gasteiger partial charge in [0.2, 0.25) is 0 Å². The second-order valence-corrected chi connectivity index (χ2v) is 3.81. The highest BCUT2D eigenvalue weighted by Gasteiger charge is 2.37. The number of aliphatic hydroxyl groups is 3. The predicted molar refractivity (Wildman–Crippen MR) is 57.8 cm³/mol. The minimum atomic E-state index is -1.19. The second-order valence-electron chi connectivity index (χ2n) is 3.81. The molecule has 0 radical (unpaired) electrons. The number of benzene rings is 1. The summed E-state index contributed by atoms with van der Waals surface area (Å²) in [6.07, 6.45) is -4.08. The van der Waals surface area contributed by atoms with Crippen LogP contribution in [0.2, 0.25) is 0 Å². The molecule has 0 bridgehead atoms. The van der Waals surface area contributed by atoms with Gasteiger partial charge in [0.1, 0.15) is 18.3 Å². The number of aliphatic hydroxyl groups excluding tert-OH is 3. The summed E-state index contributed by atoms with van der Waals surface area (Å²) in [6.45, 7) is 0.00271. The molecule has 4 atom stereocenters. The van der Waals surface area contributed by atoms with Crippen molar-refractivity contribution in [3.63, 3.8) is 0 Å². The van der Waals surface area contributed by atoms with E-state index in [1.807, 2.05) is 30.3 Å². The van der Waals surface area contributed by atoms with Crippen LogP contribution in [0.5, 0.6) is 0 Å². The van der Waals surface area contributed by atoms with Crippen molar-refractivity contribution >= 4 is 5.69 Å². The van der Waals surface area contributed by atoms with Crippen molar-refractivity contribution in [2.45, 2.75) is 24.5 Å². The van der Waals surface area contributed by atoms with E-state index in [4.69, 9.17) is 4.74 Å². The Bertz CT molecular complexity index is 332. The SMILES string of the molecule is OC1COC(Nc2ccccc2)C(O)C1O. The first-order valence-electron chi connectivity index (χ1n) is 5.16. The average Bonchev–Trinajstić information content (AvgIpc) is 2.31. The van der Waals surface area contributed by atoms with Crippen LogP contribution in [0.3, 0.4) is 0 Å². The Morgan fingerprint density at radius 3 is 2.44 bits per heavy atom. The molecular formula is C11H15NO4. The maximum absolute atomic E-state index is 9.67. The van der Waals surface area contributed by atoms with E-state index in [2.05, 4.69) is 5.32 Å². The zero-order valence-corrected chi connectivity index (χ0v) is 8.65. The van der Waals surface area contributed by atoms with Crippen LogP contribution >= 0.6 is 0 Å². The maximum Gasteiger partial charge on any atom is 0.156 e. The first-order chi connectivity index (χ1) is 7.68. The second kappa shape index (κ2) is 4.80. The van der Waals surface area contributed by atoms with Gasteiger partial charge in [-0.1, -0.05) is 18.2 Å². The molecule has 0 aromatic heterocycles. The molecule has 5 heteroatoms. The largest absolute Gasteiger partial charge is 0.388 e. The number of para-hydroxylation sites is 1. The highest BCUT2D eigenvalue weighted by molar-refractivity contribution is 5.43. The van der Waals surface area contributed by atoms with Crippen LogP contribution in [0, 0.1) is 0 Å². The minimum Gasteiger partial charge on any atom is -0.388 e. The zero-order valence-electron chi connectivity index (χ0n) is 8.65. The molecule has 16 heavy (non-hydrogen) atoms. The van der Waals surface area contributed by atoms with E-state index in [1.54, 1.807) is 0 Å². The summed E-state index contributed by atoms with van der Waals surface area (Å²) in [4.78, 5) is 0. The predicted octanol–water partition coefficient (Wildman–Crippen LogP) is -0.463. The van der Waals surface area contributed by atoms with Crippen LogP contribution in [-0.2, 0) is 4.74 Å². The van der Waals surface area contributed by atoms with Crippen molar-refractivity contribution in [1.29, 1.82) is 0 Å². The Kier molecular flexibility index (Phi) is 3.40. The number of hydrogen-bond donors (Lipinski definition) is 4. The summed E-state index contributed by atoms with van der Waals surface area (Å²) in [7, 11) is 0. The summed E-state index contributed by atoms with van der Waals surface area (Å²) < 4.78 is 5.21. The van der Waals surface area contributed by atoms with Gasteiger partial charge in [-0.15, -0.1) is 0 Å². The first kappa shape index (κ1) is 11.3. The quantitative estimate of drug-likeness (QED) is 0.547. The molecule has 5 nitrogen and oxygen atoms in total. The van der Waals surface area contributed by atoms with Crippen LogP contribution in [0.25, 0.3) is 0 Å². The Balaban J connectivity index is 2.00. The lowest BCUT2D eigenvalue weighted by molar-refractivity contribution is -0.178. The van der Waals surface area contributed by atoms with Crippen molar-refractivity contribution in [2.24, 2.45) is 0 Å². The van der Waals surface area contributed by atoms with Crippen molar-refractivity contribution in [3.05, 3.63) is 30.3 Å². The fraction of sp³-hybridized carbons (Fsp3) is 0.455. The molecule has 0 amide bonds. The van der Waals surface area contributed by atoms with E-state index in [-0.39, 0.29) is 6.61 Å². The number of anilines is 1. The monoisotopic (exact) mass is 225 g/mol. The lowest BCUT2D eigenvalue weighted by atomic mass is 10.0. The molecule has 1 aliphatic rings.